The second-order valence-corrected chi connectivity index (χ2v) is 8.24. The molecule has 1 aromatic heterocycles. The minimum absolute atomic E-state index is 0.242. The van der Waals surface area contributed by atoms with Crippen molar-refractivity contribution in [3.05, 3.63) is 58.9 Å². The van der Waals surface area contributed by atoms with E-state index in [0.717, 1.165) is 48.6 Å². The van der Waals surface area contributed by atoms with Crippen molar-refractivity contribution < 1.29 is 14.3 Å². The van der Waals surface area contributed by atoms with Gasteiger partial charge in [0.15, 0.2) is 17.3 Å². The molecule has 8 heteroatoms. The largest absolute Gasteiger partial charge is 0.486 e. The molecule has 0 saturated carbocycles. The molecule has 164 valence electrons. The van der Waals surface area contributed by atoms with Gasteiger partial charge in [-0.15, -0.1) is 10.2 Å². The van der Waals surface area contributed by atoms with Crippen LogP contribution in [0.4, 0.5) is 5.69 Å². The Hall–Kier alpha value is -3.32. The van der Waals surface area contributed by atoms with E-state index >= 15 is 0 Å². The third kappa shape index (κ3) is 4.34. The van der Waals surface area contributed by atoms with E-state index in [1.165, 1.54) is 12.5 Å². The Kier molecular flexibility index (Phi) is 5.81. The van der Waals surface area contributed by atoms with Gasteiger partial charge in [0, 0.05) is 30.3 Å². The maximum Gasteiger partial charge on any atom is 0.248 e. The van der Waals surface area contributed by atoms with Crippen LogP contribution < -0.4 is 14.8 Å². The number of carbonyl (C=O) groups excluding carboxylic acids is 1. The Balaban J connectivity index is 1.31. The van der Waals surface area contributed by atoms with Crippen LogP contribution in [-0.4, -0.2) is 33.9 Å². The minimum atomic E-state index is -0.242. The average molecular weight is 451 g/mol. The molecule has 2 aliphatic rings. The standard InChI is InChI=1S/C24H23ClN4O3/c25-19-13-16(14-20-23(19)32-12-11-31-20)8-9-22(30)26-18-6-4-5-17(15-18)24-28-27-21-7-2-1-3-10-29(21)24/h4-6,8-9,13-15H,1-3,7,10-12H2,(H,26,30)/b9-8+. The number of nitrogens with one attached hydrogen (secondary N) is 1. The number of rotatable bonds is 4. The molecule has 3 heterocycles. The van der Waals surface area contributed by atoms with Gasteiger partial charge in [-0.25, -0.2) is 0 Å². The lowest BCUT2D eigenvalue weighted by Gasteiger charge is -2.19. The monoisotopic (exact) mass is 450 g/mol. The summed E-state index contributed by atoms with van der Waals surface area (Å²) in [4.78, 5) is 12.5. The summed E-state index contributed by atoms with van der Waals surface area (Å²) < 4.78 is 13.3. The summed E-state index contributed by atoms with van der Waals surface area (Å²) in [6.07, 6.45) is 7.61. The van der Waals surface area contributed by atoms with Gasteiger partial charge in [0.2, 0.25) is 5.91 Å². The fourth-order valence-corrected chi connectivity index (χ4v) is 4.29. The number of hydrogen-bond donors (Lipinski definition) is 1. The lowest BCUT2D eigenvalue weighted by Crippen LogP contribution is -2.15. The molecule has 0 aliphatic carbocycles. The lowest BCUT2D eigenvalue weighted by atomic mass is 10.1. The molecule has 1 amide bonds. The van der Waals surface area contributed by atoms with E-state index in [9.17, 15) is 4.79 Å². The van der Waals surface area contributed by atoms with Crippen LogP contribution in [0.5, 0.6) is 11.5 Å². The first-order valence-corrected chi connectivity index (χ1v) is 11.2. The fraction of sp³-hybridized carbons (Fsp3) is 0.292. The van der Waals surface area contributed by atoms with Crippen LogP contribution in [0.1, 0.15) is 30.7 Å². The number of nitrogens with zero attached hydrogens (tertiary/aromatic N) is 3. The predicted octanol–water partition coefficient (Wildman–Crippen LogP) is 4.75. The normalized spacial score (nSPS) is 15.3. The summed E-state index contributed by atoms with van der Waals surface area (Å²) in [5, 5.41) is 12.1. The van der Waals surface area contributed by atoms with Crippen LogP contribution in [-0.2, 0) is 17.8 Å². The summed E-state index contributed by atoms with van der Waals surface area (Å²) in [5.74, 6) is 2.77. The Labute approximate surface area is 191 Å². The number of halogens is 1. The number of aryl methyl sites for hydroxylation is 1. The van der Waals surface area contributed by atoms with E-state index < -0.39 is 0 Å². The molecule has 0 unspecified atom stereocenters. The van der Waals surface area contributed by atoms with E-state index in [1.54, 1.807) is 12.1 Å². The van der Waals surface area contributed by atoms with Crippen LogP contribution in [0.25, 0.3) is 17.5 Å². The van der Waals surface area contributed by atoms with E-state index in [4.69, 9.17) is 21.1 Å². The van der Waals surface area contributed by atoms with Gasteiger partial charge in [-0.3, -0.25) is 4.79 Å². The molecule has 3 aromatic rings. The van der Waals surface area contributed by atoms with Gasteiger partial charge in [0.1, 0.15) is 19.0 Å². The summed E-state index contributed by atoms with van der Waals surface area (Å²) in [6, 6.07) is 11.2. The van der Waals surface area contributed by atoms with Crippen LogP contribution in [0.15, 0.2) is 42.5 Å². The molecule has 7 nitrogen and oxygen atoms in total. The summed E-state index contributed by atoms with van der Waals surface area (Å²) in [5.41, 5.74) is 2.39. The zero-order chi connectivity index (χ0) is 21.9. The molecule has 0 atom stereocenters. The molecular formula is C24H23ClN4O3. The number of ether oxygens (including phenoxy) is 2. The van der Waals surface area contributed by atoms with Crippen LogP contribution in [0.3, 0.4) is 0 Å². The Morgan fingerprint density at radius 3 is 2.94 bits per heavy atom. The van der Waals surface area contributed by atoms with Crippen molar-refractivity contribution in [3.8, 4) is 22.9 Å². The molecule has 2 aromatic carbocycles. The molecule has 0 radical (unpaired) electrons. The van der Waals surface area contributed by atoms with Gasteiger partial charge in [-0.05, 0) is 48.7 Å². The number of fused-ring (bicyclic) bond motifs is 2. The molecule has 2 aliphatic heterocycles. The van der Waals surface area contributed by atoms with E-state index in [-0.39, 0.29) is 5.91 Å². The maximum absolute atomic E-state index is 12.5. The molecule has 32 heavy (non-hydrogen) atoms. The molecule has 1 N–H and O–H groups in total. The zero-order valence-corrected chi connectivity index (χ0v) is 18.3. The predicted molar refractivity (Wildman–Crippen MR) is 123 cm³/mol. The Bertz CT molecular complexity index is 1190. The second-order valence-electron chi connectivity index (χ2n) is 7.83. The van der Waals surface area contributed by atoms with Gasteiger partial charge < -0.3 is 19.4 Å². The minimum Gasteiger partial charge on any atom is -0.486 e. The molecule has 0 fully saturated rings. The number of aromatic nitrogens is 3. The van der Waals surface area contributed by atoms with E-state index in [2.05, 4.69) is 20.1 Å². The van der Waals surface area contributed by atoms with E-state index in [1.807, 2.05) is 30.3 Å². The third-order valence-electron chi connectivity index (χ3n) is 5.54. The third-order valence-corrected chi connectivity index (χ3v) is 5.82. The molecular weight excluding hydrogens is 428 g/mol. The highest BCUT2D eigenvalue weighted by atomic mass is 35.5. The highest BCUT2D eigenvalue weighted by Gasteiger charge is 2.17. The number of benzene rings is 2. The molecule has 0 saturated heterocycles. The fourth-order valence-electron chi connectivity index (χ4n) is 4.02. The SMILES string of the molecule is O=C(/C=C/c1cc(Cl)c2c(c1)OCCO2)Nc1cccc(-c2nnc3n2CCCCC3)c1. The Morgan fingerprint density at radius 2 is 2.00 bits per heavy atom. The summed E-state index contributed by atoms with van der Waals surface area (Å²) in [7, 11) is 0. The summed E-state index contributed by atoms with van der Waals surface area (Å²) >= 11 is 6.27. The first-order valence-electron chi connectivity index (χ1n) is 10.8. The first kappa shape index (κ1) is 20.6. The zero-order valence-electron chi connectivity index (χ0n) is 17.5. The van der Waals surface area contributed by atoms with Crippen LogP contribution in [0.2, 0.25) is 5.02 Å². The van der Waals surface area contributed by atoms with Gasteiger partial charge >= 0.3 is 0 Å². The number of amides is 1. The summed E-state index contributed by atoms with van der Waals surface area (Å²) in [6.45, 7) is 1.87. The van der Waals surface area contributed by atoms with Gasteiger partial charge in [-0.2, -0.15) is 0 Å². The quantitative estimate of drug-likeness (QED) is 0.580. The van der Waals surface area contributed by atoms with Crippen molar-refractivity contribution >= 4 is 29.3 Å². The van der Waals surface area contributed by atoms with Crippen molar-refractivity contribution in [1.29, 1.82) is 0 Å². The Morgan fingerprint density at radius 1 is 1.09 bits per heavy atom. The highest BCUT2D eigenvalue weighted by molar-refractivity contribution is 6.32. The van der Waals surface area contributed by atoms with E-state index in [0.29, 0.717) is 35.4 Å². The van der Waals surface area contributed by atoms with Crippen molar-refractivity contribution in [2.45, 2.75) is 32.2 Å². The van der Waals surface area contributed by atoms with Crippen molar-refractivity contribution in [2.24, 2.45) is 0 Å². The maximum atomic E-state index is 12.5. The van der Waals surface area contributed by atoms with Crippen molar-refractivity contribution in [1.82, 2.24) is 14.8 Å². The van der Waals surface area contributed by atoms with Gasteiger partial charge in [-0.1, -0.05) is 30.2 Å². The van der Waals surface area contributed by atoms with Crippen molar-refractivity contribution in [3.63, 3.8) is 0 Å². The van der Waals surface area contributed by atoms with Gasteiger partial charge in [0.25, 0.3) is 0 Å². The highest BCUT2D eigenvalue weighted by Crippen LogP contribution is 2.38. The number of hydrogen-bond acceptors (Lipinski definition) is 5. The molecule has 0 bridgehead atoms. The van der Waals surface area contributed by atoms with Crippen molar-refractivity contribution in [2.75, 3.05) is 18.5 Å². The average Bonchev–Trinajstić information content (AvgIpc) is 3.06. The topological polar surface area (TPSA) is 78.3 Å². The second kappa shape index (κ2) is 9.04. The number of anilines is 1. The smallest absolute Gasteiger partial charge is 0.248 e. The van der Waals surface area contributed by atoms with Crippen LogP contribution in [0, 0.1) is 0 Å². The van der Waals surface area contributed by atoms with Gasteiger partial charge in [0.05, 0.1) is 5.02 Å². The number of carbonyl (C=O) groups is 1. The van der Waals surface area contributed by atoms with Crippen LogP contribution >= 0.6 is 11.6 Å². The lowest BCUT2D eigenvalue weighted by molar-refractivity contribution is -0.111. The first-order chi connectivity index (χ1) is 15.7. The molecule has 5 rings (SSSR count). The molecule has 0 spiro atoms.